The van der Waals surface area contributed by atoms with Crippen LogP contribution in [0.2, 0.25) is 0 Å². The summed E-state index contributed by atoms with van der Waals surface area (Å²) < 4.78 is 5.52. The van der Waals surface area contributed by atoms with Crippen molar-refractivity contribution in [3.63, 3.8) is 0 Å². The molecular formula is C15H11BrN2O3. The number of nitrogens with zero attached hydrogens (tertiary/aromatic N) is 2. The quantitative estimate of drug-likeness (QED) is 0.466. The highest BCUT2D eigenvalue weighted by Gasteiger charge is 2.15. The average molecular weight is 347 g/mol. The van der Waals surface area contributed by atoms with Crippen LogP contribution in [0.15, 0.2) is 42.5 Å². The Morgan fingerprint density at radius 1 is 1.19 bits per heavy atom. The molecule has 21 heavy (non-hydrogen) atoms. The molecule has 6 heteroatoms. The Labute approximate surface area is 130 Å². The van der Waals surface area contributed by atoms with E-state index in [0.717, 1.165) is 11.1 Å². The van der Waals surface area contributed by atoms with Gasteiger partial charge in [0.2, 0.25) is 0 Å². The van der Waals surface area contributed by atoms with Crippen molar-refractivity contribution in [2.75, 3.05) is 0 Å². The smallest absolute Gasteiger partial charge is 0.311 e. The highest BCUT2D eigenvalue weighted by molar-refractivity contribution is 9.08. The number of halogens is 1. The van der Waals surface area contributed by atoms with Crippen molar-refractivity contribution in [1.29, 1.82) is 5.26 Å². The molecule has 2 aromatic rings. The minimum absolute atomic E-state index is 0.0550. The van der Waals surface area contributed by atoms with Crippen LogP contribution >= 0.6 is 15.9 Å². The molecule has 0 spiro atoms. The lowest BCUT2D eigenvalue weighted by molar-refractivity contribution is -0.386. The number of ether oxygens (including phenoxy) is 1. The highest BCUT2D eigenvalue weighted by Crippen LogP contribution is 2.29. The lowest BCUT2D eigenvalue weighted by Gasteiger charge is -2.08. The summed E-state index contributed by atoms with van der Waals surface area (Å²) in [6.07, 6.45) is 0. The fourth-order valence-electron chi connectivity index (χ4n) is 1.75. The van der Waals surface area contributed by atoms with Crippen LogP contribution < -0.4 is 4.74 Å². The second kappa shape index (κ2) is 6.86. The van der Waals surface area contributed by atoms with Gasteiger partial charge in [0.25, 0.3) is 0 Å². The number of rotatable bonds is 5. The van der Waals surface area contributed by atoms with E-state index >= 15 is 0 Å². The summed E-state index contributed by atoms with van der Waals surface area (Å²) in [4.78, 5) is 10.6. The van der Waals surface area contributed by atoms with Gasteiger partial charge in [0, 0.05) is 11.4 Å². The van der Waals surface area contributed by atoms with Crippen molar-refractivity contribution in [3.8, 4) is 11.8 Å². The van der Waals surface area contributed by atoms with E-state index in [4.69, 9.17) is 10.00 Å². The van der Waals surface area contributed by atoms with Crippen molar-refractivity contribution in [2.45, 2.75) is 11.9 Å². The largest absolute Gasteiger partial charge is 0.482 e. The van der Waals surface area contributed by atoms with Crippen molar-refractivity contribution in [3.05, 3.63) is 69.3 Å². The van der Waals surface area contributed by atoms with Crippen LogP contribution in [0.5, 0.6) is 5.75 Å². The Morgan fingerprint density at radius 2 is 1.86 bits per heavy atom. The van der Waals surface area contributed by atoms with Crippen LogP contribution in [0.3, 0.4) is 0 Å². The van der Waals surface area contributed by atoms with Crippen LogP contribution in [0.4, 0.5) is 5.69 Å². The molecule has 0 aromatic heterocycles. The Balaban J connectivity index is 2.15. The van der Waals surface area contributed by atoms with E-state index in [1.807, 2.05) is 6.07 Å². The summed E-state index contributed by atoms with van der Waals surface area (Å²) in [5, 5.41) is 20.3. The summed E-state index contributed by atoms with van der Waals surface area (Å²) in [6.45, 7) is 0.209. The van der Waals surface area contributed by atoms with E-state index in [9.17, 15) is 10.1 Å². The maximum Gasteiger partial charge on any atom is 0.311 e. The molecule has 2 aromatic carbocycles. The van der Waals surface area contributed by atoms with Crippen LogP contribution in [-0.4, -0.2) is 4.92 Å². The van der Waals surface area contributed by atoms with Gasteiger partial charge in [-0.3, -0.25) is 10.1 Å². The molecule has 0 saturated heterocycles. The van der Waals surface area contributed by atoms with Crippen LogP contribution in [0.25, 0.3) is 0 Å². The first-order valence-corrected chi connectivity index (χ1v) is 7.21. The van der Waals surface area contributed by atoms with E-state index in [0.29, 0.717) is 10.9 Å². The molecule has 0 N–H and O–H groups in total. The lowest BCUT2D eigenvalue weighted by atomic mass is 10.1. The van der Waals surface area contributed by atoms with Crippen molar-refractivity contribution < 1.29 is 9.66 Å². The third-order valence-corrected chi connectivity index (χ3v) is 3.50. The number of nitriles is 1. The maximum atomic E-state index is 11.1. The second-order valence-electron chi connectivity index (χ2n) is 4.29. The molecule has 0 radical (unpaired) electrons. The number of nitro benzene ring substituents is 1. The van der Waals surface area contributed by atoms with Crippen LogP contribution in [0.1, 0.15) is 16.7 Å². The summed E-state index contributed by atoms with van der Waals surface area (Å²) in [6, 6.07) is 13.8. The van der Waals surface area contributed by atoms with E-state index in [1.165, 1.54) is 6.07 Å². The molecule has 0 amide bonds. The Morgan fingerprint density at radius 3 is 2.43 bits per heavy atom. The van der Waals surface area contributed by atoms with Crippen molar-refractivity contribution in [2.24, 2.45) is 0 Å². The number of alkyl halides is 1. The number of nitro groups is 1. The number of hydrogen-bond donors (Lipinski definition) is 0. The number of benzene rings is 2. The topological polar surface area (TPSA) is 76.2 Å². The van der Waals surface area contributed by atoms with Gasteiger partial charge in [-0.05, 0) is 29.3 Å². The predicted molar refractivity (Wildman–Crippen MR) is 81.2 cm³/mol. The monoisotopic (exact) mass is 346 g/mol. The normalized spacial score (nSPS) is 9.90. The average Bonchev–Trinajstić information content (AvgIpc) is 2.53. The van der Waals surface area contributed by atoms with Gasteiger partial charge in [0.05, 0.1) is 16.6 Å². The van der Waals surface area contributed by atoms with Gasteiger partial charge < -0.3 is 4.74 Å². The van der Waals surface area contributed by atoms with Crippen LogP contribution in [-0.2, 0) is 11.9 Å². The zero-order chi connectivity index (χ0) is 15.2. The van der Waals surface area contributed by atoms with Gasteiger partial charge in [-0.2, -0.15) is 5.26 Å². The molecule has 0 aliphatic rings. The van der Waals surface area contributed by atoms with Gasteiger partial charge in [-0.25, -0.2) is 0 Å². The van der Waals surface area contributed by atoms with Gasteiger partial charge in [0.15, 0.2) is 5.75 Å². The van der Waals surface area contributed by atoms with Gasteiger partial charge in [-0.1, -0.05) is 34.1 Å². The first-order valence-electron chi connectivity index (χ1n) is 6.09. The zero-order valence-electron chi connectivity index (χ0n) is 11.0. The van der Waals surface area contributed by atoms with Crippen molar-refractivity contribution >= 4 is 21.6 Å². The minimum Gasteiger partial charge on any atom is -0.482 e. The molecule has 0 bridgehead atoms. The first kappa shape index (κ1) is 15.0. The van der Waals surface area contributed by atoms with E-state index < -0.39 is 4.92 Å². The Bertz CT molecular complexity index is 693. The molecular weight excluding hydrogens is 336 g/mol. The van der Waals surface area contributed by atoms with Crippen molar-refractivity contribution in [1.82, 2.24) is 0 Å². The minimum atomic E-state index is -0.458. The fourth-order valence-corrected chi connectivity index (χ4v) is 2.10. The van der Waals surface area contributed by atoms with Gasteiger partial charge >= 0.3 is 5.69 Å². The summed E-state index contributed by atoms with van der Waals surface area (Å²) in [5.74, 6) is 0.231. The van der Waals surface area contributed by atoms with E-state index in [2.05, 4.69) is 15.9 Å². The molecule has 0 unspecified atom stereocenters. The van der Waals surface area contributed by atoms with E-state index in [1.54, 1.807) is 36.4 Å². The third kappa shape index (κ3) is 3.80. The summed E-state index contributed by atoms with van der Waals surface area (Å²) in [7, 11) is 0. The predicted octanol–water partition coefficient (Wildman–Crippen LogP) is 3.94. The van der Waals surface area contributed by atoms with Gasteiger partial charge in [-0.15, -0.1) is 0 Å². The first-order chi connectivity index (χ1) is 10.1. The third-order valence-electron chi connectivity index (χ3n) is 2.85. The molecule has 2 rings (SSSR count). The highest BCUT2D eigenvalue weighted by atomic mass is 79.9. The van der Waals surface area contributed by atoms with E-state index in [-0.39, 0.29) is 18.0 Å². The molecule has 0 saturated carbocycles. The summed E-state index contributed by atoms with van der Waals surface area (Å²) in [5.41, 5.74) is 2.16. The molecule has 5 nitrogen and oxygen atoms in total. The lowest BCUT2D eigenvalue weighted by Crippen LogP contribution is -2.00. The molecule has 0 atom stereocenters. The van der Waals surface area contributed by atoms with Crippen LogP contribution in [0, 0.1) is 21.4 Å². The second-order valence-corrected chi connectivity index (χ2v) is 4.85. The molecule has 106 valence electrons. The maximum absolute atomic E-state index is 11.1. The zero-order valence-corrected chi connectivity index (χ0v) is 12.5. The molecule has 0 heterocycles. The molecule has 0 aliphatic carbocycles. The number of hydrogen-bond acceptors (Lipinski definition) is 4. The SMILES string of the molecule is N#Cc1ccc(COc2ccc(CBr)cc2[N+](=O)[O-])cc1. The standard InChI is InChI=1S/C15H11BrN2O3/c16-8-13-5-6-15(14(7-13)18(19)20)21-10-12-3-1-11(9-17)2-4-12/h1-7H,8,10H2. The summed E-state index contributed by atoms with van der Waals surface area (Å²) >= 11 is 3.26. The fraction of sp³-hybridized carbons (Fsp3) is 0.133. The van der Waals surface area contributed by atoms with Gasteiger partial charge in [0.1, 0.15) is 6.61 Å². The molecule has 0 fully saturated rings. The Kier molecular flexibility index (Phi) is 4.90. The molecule has 0 aliphatic heterocycles. The Hall–Kier alpha value is -2.39.